The highest BCUT2D eigenvalue weighted by molar-refractivity contribution is 4.82. The second-order valence-corrected chi connectivity index (χ2v) is 2.44. The average molecular weight is 226 g/mol. The number of alkyl halides is 6. The van der Waals surface area contributed by atoms with Gasteiger partial charge in [0.1, 0.15) is 6.61 Å². The van der Waals surface area contributed by atoms with Crippen molar-refractivity contribution in [3.05, 3.63) is 0 Å². The van der Waals surface area contributed by atoms with E-state index in [9.17, 15) is 26.3 Å². The standard InChI is InChI=1S/C6H8F6O2/c7-4(6(10,11)12)5(8,9)3-14-2-1-13/h4,13H,1-3H2/t4-/m0/s1. The first-order valence-electron chi connectivity index (χ1n) is 3.49. The number of halogens is 6. The quantitative estimate of drug-likeness (QED) is 0.569. The summed E-state index contributed by atoms with van der Waals surface area (Å²) >= 11 is 0. The van der Waals surface area contributed by atoms with Crippen molar-refractivity contribution >= 4 is 0 Å². The normalized spacial score (nSPS) is 15.6. The van der Waals surface area contributed by atoms with Crippen molar-refractivity contribution < 1.29 is 36.2 Å². The highest BCUT2D eigenvalue weighted by Crippen LogP contribution is 2.34. The van der Waals surface area contributed by atoms with E-state index in [0.29, 0.717) is 0 Å². The molecule has 0 radical (unpaired) electrons. The van der Waals surface area contributed by atoms with E-state index in [0.717, 1.165) is 0 Å². The van der Waals surface area contributed by atoms with Crippen molar-refractivity contribution in [1.82, 2.24) is 0 Å². The molecule has 0 saturated heterocycles. The number of hydrogen-bond donors (Lipinski definition) is 1. The first-order valence-corrected chi connectivity index (χ1v) is 3.49. The van der Waals surface area contributed by atoms with Crippen LogP contribution in [0.15, 0.2) is 0 Å². The van der Waals surface area contributed by atoms with Gasteiger partial charge in [0.15, 0.2) is 0 Å². The Morgan fingerprint density at radius 2 is 1.64 bits per heavy atom. The summed E-state index contributed by atoms with van der Waals surface area (Å²) in [5.74, 6) is -4.63. The highest BCUT2D eigenvalue weighted by Gasteiger charge is 2.56. The van der Waals surface area contributed by atoms with Crippen LogP contribution in [0.25, 0.3) is 0 Å². The number of aliphatic hydroxyl groups excluding tert-OH is 1. The van der Waals surface area contributed by atoms with Gasteiger partial charge in [-0.3, -0.25) is 0 Å². The van der Waals surface area contributed by atoms with Crippen LogP contribution in [0.3, 0.4) is 0 Å². The Morgan fingerprint density at radius 3 is 2.00 bits per heavy atom. The monoisotopic (exact) mass is 226 g/mol. The van der Waals surface area contributed by atoms with E-state index < -0.39 is 38.1 Å². The van der Waals surface area contributed by atoms with Gasteiger partial charge in [-0.2, -0.15) is 13.2 Å². The van der Waals surface area contributed by atoms with Crippen LogP contribution < -0.4 is 0 Å². The number of ether oxygens (including phenoxy) is 1. The molecular formula is C6H8F6O2. The summed E-state index contributed by atoms with van der Waals surface area (Å²) < 4.78 is 75.2. The van der Waals surface area contributed by atoms with E-state index in [1.165, 1.54) is 0 Å². The summed E-state index contributed by atoms with van der Waals surface area (Å²) in [4.78, 5) is 0. The van der Waals surface area contributed by atoms with Crippen LogP contribution in [-0.4, -0.2) is 43.2 Å². The number of hydrogen-bond acceptors (Lipinski definition) is 2. The van der Waals surface area contributed by atoms with Gasteiger partial charge in [-0.15, -0.1) is 0 Å². The minimum Gasteiger partial charge on any atom is -0.394 e. The lowest BCUT2D eigenvalue weighted by Gasteiger charge is -2.22. The van der Waals surface area contributed by atoms with Gasteiger partial charge in [-0.25, -0.2) is 13.2 Å². The fourth-order valence-electron chi connectivity index (χ4n) is 0.585. The summed E-state index contributed by atoms with van der Waals surface area (Å²) in [6.07, 6.45) is -9.87. The zero-order valence-corrected chi connectivity index (χ0v) is 6.82. The van der Waals surface area contributed by atoms with Gasteiger partial charge < -0.3 is 9.84 Å². The molecule has 1 N–H and O–H groups in total. The zero-order valence-electron chi connectivity index (χ0n) is 6.82. The van der Waals surface area contributed by atoms with E-state index in [1.54, 1.807) is 0 Å². The fourth-order valence-corrected chi connectivity index (χ4v) is 0.585. The maximum atomic E-state index is 12.3. The van der Waals surface area contributed by atoms with Gasteiger partial charge >= 0.3 is 12.1 Å². The molecule has 0 amide bonds. The van der Waals surface area contributed by atoms with Gasteiger partial charge in [0.05, 0.1) is 13.2 Å². The van der Waals surface area contributed by atoms with Crippen LogP contribution in [0.2, 0.25) is 0 Å². The van der Waals surface area contributed by atoms with Gasteiger partial charge in [-0.1, -0.05) is 0 Å². The van der Waals surface area contributed by atoms with Crippen molar-refractivity contribution in [2.75, 3.05) is 19.8 Å². The van der Waals surface area contributed by atoms with E-state index in [4.69, 9.17) is 5.11 Å². The van der Waals surface area contributed by atoms with Crippen LogP contribution in [0.1, 0.15) is 0 Å². The highest BCUT2D eigenvalue weighted by atomic mass is 19.4. The lowest BCUT2D eigenvalue weighted by Crippen LogP contribution is -2.44. The van der Waals surface area contributed by atoms with Crippen molar-refractivity contribution in [2.45, 2.75) is 18.3 Å². The number of aliphatic hydroxyl groups is 1. The van der Waals surface area contributed by atoms with Gasteiger partial charge in [0.2, 0.25) is 0 Å². The molecule has 0 aliphatic heterocycles. The molecule has 0 heterocycles. The molecule has 0 bridgehead atoms. The molecule has 0 aromatic carbocycles. The van der Waals surface area contributed by atoms with Crippen molar-refractivity contribution in [1.29, 1.82) is 0 Å². The average Bonchev–Trinajstić information content (AvgIpc) is 2.01. The lowest BCUT2D eigenvalue weighted by atomic mass is 10.2. The predicted molar refractivity (Wildman–Crippen MR) is 33.8 cm³/mol. The third-order valence-electron chi connectivity index (χ3n) is 1.19. The van der Waals surface area contributed by atoms with Gasteiger partial charge in [0, 0.05) is 0 Å². The molecule has 0 aromatic rings. The molecule has 0 fully saturated rings. The minimum atomic E-state index is -5.62. The summed E-state index contributed by atoms with van der Waals surface area (Å²) in [5.41, 5.74) is 0. The van der Waals surface area contributed by atoms with E-state index >= 15 is 0 Å². The Morgan fingerprint density at radius 1 is 1.14 bits per heavy atom. The van der Waals surface area contributed by atoms with Gasteiger partial charge in [0.25, 0.3) is 6.17 Å². The third-order valence-corrected chi connectivity index (χ3v) is 1.19. The van der Waals surface area contributed by atoms with E-state index in [2.05, 4.69) is 4.74 Å². The molecule has 14 heavy (non-hydrogen) atoms. The maximum absolute atomic E-state index is 12.3. The van der Waals surface area contributed by atoms with Crippen molar-refractivity contribution in [2.24, 2.45) is 0 Å². The second kappa shape index (κ2) is 4.83. The Labute approximate surface area is 75.5 Å². The lowest BCUT2D eigenvalue weighted by molar-refractivity contribution is -0.255. The molecule has 0 rings (SSSR count). The molecule has 8 heteroatoms. The first-order chi connectivity index (χ1) is 6.22. The summed E-state index contributed by atoms with van der Waals surface area (Å²) in [6.45, 7) is -2.91. The maximum Gasteiger partial charge on any atom is 0.425 e. The Balaban J connectivity index is 4.16. The topological polar surface area (TPSA) is 29.5 Å². The largest absolute Gasteiger partial charge is 0.425 e. The van der Waals surface area contributed by atoms with Crippen LogP contribution in [0.5, 0.6) is 0 Å². The van der Waals surface area contributed by atoms with Crippen LogP contribution in [-0.2, 0) is 4.74 Å². The smallest absolute Gasteiger partial charge is 0.394 e. The molecule has 2 nitrogen and oxygen atoms in total. The molecule has 0 aliphatic carbocycles. The predicted octanol–water partition coefficient (Wildman–Crippen LogP) is 1.53. The SMILES string of the molecule is OCCOCC(F)(F)[C@H](F)C(F)(F)F. The molecule has 1 atom stereocenters. The molecule has 0 unspecified atom stereocenters. The van der Waals surface area contributed by atoms with Crippen LogP contribution in [0.4, 0.5) is 26.3 Å². The molecule has 0 spiro atoms. The molecule has 86 valence electrons. The Bertz CT molecular complexity index is 168. The van der Waals surface area contributed by atoms with Crippen molar-refractivity contribution in [3.8, 4) is 0 Å². The summed E-state index contributed by atoms with van der Waals surface area (Å²) in [5, 5.41) is 8.08. The second-order valence-electron chi connectivity index (χ2n) is 2.44. The zero-order chi connectivity index (χ0) is 11.4. The van der Waals surface area contributed by atoms with E-state index in [1.807, 2.05) is 0 Å². The Kier molecular flexibility index (Phi) is 4.66. The van der Waals surface area contributed by atoms with Crippen molar-refractivity contribution in [3.63, 3.8) is 0 Å². The molecule has 0 aromatic heterocycles. The van der Waals surface area contributed by atoms with Gasteiger partial charge in [-0.05, 0) is 0 Å². The summed E-state index contributed by atoms with van der Waals surface area (Å²) in [6, 6.07) is 0. The molecule has 0 aliphatic rings. The third kappa shape index (κ3) is 4.14. The number of rotatable bonds is 5. The Hall–Kier alpha value is -0.500. The van der Waals surface area contributed by atoms with E-state index in [-0.39, 0.29) is 0 Å². The first kappa shape index (κ1) is 13.5. The molecule has 0 saturated carbocycles. The van der Waals surface area contributed by atoms with Crippen LogP contribution >= 0.6 is 0 Å². The van der Waals surface area contributed by atoms with Crippen LogP contribution in [0, 0.1) is 0 Å². The minimum absolute atomic E-state index is 0.569. The summed E-state index contributed by atoms with van der Waals surface area (Å²) in [7, 11) is 0. The molecular weight excluding hydrogens is 218 g/mol. The fraction of sp³-hybridized carbons (Fsp3) is 1.00.